The second-order valence-electron chi connectivity index (χ2n) is 7.32. The molecule has 3 heteroatoms. The molecule has 2 bridgehead atoms. The summed E-state index contributed by atoms with van der Waals surface area (Å²) in [5.41, 5.74) is 0. The molecule has 3 saturated carbocycles. The van der Waals surface area contributed by atoms with Crippen LogP contribution in [0.4, 0.5) is 0 Å². The van der Waals surface area contributed by atoms with Gasteiger partial charge in [0, 0.05) is 25.6 Å². The number of aliphatic hydroxyl groups excluding tert-OH is 1. The Morgan fingerprint density at radius 1 is 1.16 bits per heavy atom. The van der Waals surface area contributed by atoms with Gasteiger partial charge in [-0.3, -0.25) is 4.79 Å². The van der Waals surface area contributed by atoms with Crippen LogP contribution in [0.3, 0.4) is 0 Å². The summed E-state index contributed by atoms with van der Waals surface area (Å²) in [5.74, 6) is 4.73. The number of carbonyl (C=O) groups excluding carboxylic acids is 1. The second kappa shape index (κ2) is 4.47. The Morgan fingerprint density at radius 3 is 2.58 bits per heavy atom. The van der Waals surface area contributed by atoms with E-state index >= 15 is 0 Å². The number of amides is 1. The Balaban J connectivity index is 1.39. The van der Waals surface area contributed by atoms with Gasteiger partial charge in [0.2, 0.25) is 5.91 Å². The Morgan fingerprint density at radius 2 is 1.89 bits per heavy atom. The van der Waals surface area contributed by atoms with Crippen molar-refractivity contribution >= 4 is 5.91 Å². The summed E-state index contributed by atoms with van der Waals surface area (Å²) in [6.45, 7) is 2.14. The molecule has 4 aliphatic rings. The van der Waals surface area contributed by atoms with Crippen molar-refractivity contribution in [3.8, 4) is 0 Å². The molecule has 5 unspecified atom stereocenters. The fourth-order valence-corrected chi connectivity index (χ4v) is 5.55. The molecule has 1 saturated heterocycles. The minimum Gasteiger partial charge on any atom is -0.396 e. The lowest BCUT2D eigenvalue weighted by molar-refractivity contribution is -0.135. The third-order valence-electron chi connectivity index (χ3n) is 6.39. The normalized spacial score (nSPS) is 47.3. The highest BCUT2D eigenvalue weighted by Gasteiger charge is 2.68. The van der Waals surface area contributed by atoms with Gasteiger partial charge in [-0.25, -0.2) is 0 Å². The number of piperidine rings is 1. The van der Waals surface area contributed by atoms with Gasteiger partial charge in [0.15, 0.2) is 0 Å². The van der Waals surface area contributed by atoms with E-state index in [1.807, 2.05) is 0 Å². The first-order valence-corrected chi connectivity index (χ1v) is 8.19. The van der Waals surface area contributed by atoms with Gasteiger partial charge in [-0.1, -0.05) is 0 Å². The molecule has 1 N–H and O–H groups in total. The topological polar surface area (TPSA) is 40.5 Å². The zero-order valence-corrected chi connectivity index (χ0v) is 11.6. The predicted octanol–water partition coefficient (Wildman–Crippen LogP) is 1.90. The van der Waals surface area contributed by atoms with Gasteiger partial charge in [0.05, 0.1) is 0 Å². The number of hydrogen-bond acceptors (Lipinski definition) is 2. The molecule has 1 heterocycles. The Labute approximate surface area is 115 Å². The number of aliphatic hydroxyl groups is 1. The first kappa shape index (κ1) is 12.2. The largest absolute Gasteiger partial charge is 0.396 e. The number of fused-ring (bicyclic) bond motifs is 5. The van der Waals surface area contributed by atoms with Gasteiger partial charge in [-0.15, -0.1) is 0 Å². The second-order valence-corrected chi connectivity index (χ2v) is 7.32. The summed E-state index contributed by atoms with van der Waals surface area (Å²) in [6.07, 6.45) is 7.39. The van der Waals surface area contributed by atoms with Crippen LogP contribution in [0.15, 0.2) is 0 Å². The van der Waals surface area contributed by atoms with Crippen molar-refractivity contribution in [2.45, 2.75) is 38.5 Å². The van der Waals surface area contributed by atoms with Crippen molar-refractivity contribution < 1.29 is 9.90 Å². The predicted molar refractivity (Wildman–Crippen MR) is 72.3 cm³/mol. The first-order chi connectivity index (χ1) is 9.29. The van der Waals surface area contributed by atoms with Crippen LogP contribution in [-0.4, -0.2) is 35.6 Å². The number of rotatable bonds is 3. The molecular weight excluding hydrogens is 238 g/mol. The highest BCUT2D eigenvalue weighted by molar-refractivity contribution is 5.83. The van der Waals surface area contributed by atoms with Gasteiger partial charge >= 0.3 is 0 Å². The van der Waals surface area contributed by atoms with E-state index in [0.29, 0.717) is 17.7 Å². The van der Waals surface area contributed by atoms with Crippen molar-refractivity contribution in [1.29, 1.82) is 0 Å². The van der Waals surface area contributed by atoms with E-state index in [0.717, 1.165) is 49.6 Å². The number of hydrogen-bond donors (Lipinski definition) is 1. The Hall–Kier alpha value is -0.570. The van der Waals surface area contributed by atoms with Gasteiger partial charge in [0.1, 0.15) is 0 Å². The summed E-state index contributed by atoms with van der Waals surface area (Å²) in [4.78, 5) is 14.8. The average Bonchev–Trinajstić information content (AvgIpc) is 2.86. The maximum atomic E-state index is 12.7. The molecule has 1 amide bonds. The molecule has 106 valence electrons. The lowest BCUT2D eigenvalue weighted by atomic mass is 9.94. The summed E-state index contributed by atoms with van der Waals surface area (Å²) in [7, 11) is 0. The van der Waals surface area contributed by atoms with E-state index in [1.165, 1.54) is 25.7 Å². The summed E-state index contributed by atoms with van der Waals surface area (Å²) < 4.78 is 0. The zero-order valence-electron chi connectivity index (χ0n) is 11.6. The minimum absolute atomic E-state index is 0.269. The number of carbonyl (C=O) groups is 1. The van der Waals surface area contributed by atoms with E-state index in [1.54, 1.807) is 0 Å². The van der Waals surface area contributed by atoms with Crippen LogP contribution in [-0.2, 0) is 4.79 Å². The van der Waals surface area contributed by atoms with Gasteiger partial charge in [-0.05, 0) is 68.1 Å². The van der Waals surface area contributed by atoms with Gasteiger partial charge in [-0.2, -0.15) is 0 Å². The highest BCUT2D eigenvalue weighted by Crippen LogP contribution is 2.69. The monoisotopic (exact) mass is 263 g/mol. The maximum absolute atomic E-state index is 12.7. The molecule has 0 aromatic heterocycles. The lowest BCUT2D eigenvalue weighted by Gasteiger charge is -2.33. The fraction of sp³-hybridized carbons (Fsp3) is 0.938. The molecule has 0 aromatic rings. The van der Waals surface area contributed by atoms with Crippen LogP contribution in [0.5, 0.6) is 0 Å². The molecule has 4 fully saturated rings. The summed E-state index contributed by atoms with van der Waals surface area (Å²) in [5, 5.41) is 9.07. The van der Waals surface area contributed by atoms with E-state index in [4.69, 9.17) is 5.11 Å². The fourth-order valence-electron chi connectivity index (χ4n) is 5.55. The third kappa shape index (κ3) is 1.84. The van der Waals surface area contributed by atoms with Crippen LogP contribution in [0.2, 0.25) is 0 Å². The van der Waals surface area contributed by atoms with Crippen LogP contribution in [0, 0.1) is 35.5 Å². The lowest BCUT2D eigenvalue weighted by Crippen LogP contribution is -2.41. The highest BCUT2D eigenvalue weighted by atomic mass is 16.3. The van der Waals surface area contributed by atoms with E-state index in [-0.39, 0.29) is 6.61 Å². The van der Waals surface area contributed by atoms with Crippen molar-refractivity contribution in [2.24, 2.45) is 35.5 Å². The molecule has 0 aromatic carbocycles. The molecule has 5 atom stereocenters. The third-order valence-corrected chi connectivity index (χ3v) is 6.39. The molecule has 0 radical (unpaired) electrons. The van der Waals surface area contributed by atoms with Crippen molar-refractivity contribution in [3.63, 3.8) is 0 Å². The first-order valence-electron chi connectivity index (χ1n) is 8.19. The SMILES string of the molecule is O=C(C1C2C3CCC(C3)C12)N1CCCC(CCO)C1. The zero-order chi connectivity index (χ0) is 13.0. The molecule has 3 nitrogen and oxygen atoms in total. The molecular formula is C16H25NO2. The molecule has 1 aliphatic heterocycles. The smallest absolute Gasteiger partial charge is 0.226 e. The van der Waals surface area contributed by atoms with Crippen molar-refractivity contribution in [1.82, 2.24) is 4.90 Å². The molecule has 4 rings (SSSR count). The molecule has 19 heavy (non-hydrogen) atoms. The van der Waals surface area contributed by atoms with E-state index < -0.39 is 0 Å². The summed E-state index contributed by atoms with van der Waals surface area (Å²) in [6, 6.07) is 0. The number of nitrogens with zero attached hydrogens (tertiary/aromatic N) is 1. The molecule has 3 aliphatic carbocycles. The standard InChI is InChI=1S/C16H25NO2/c18-7-5-10-2-1-6-17(9-10)16(19)15-13-11-3-4-12(8-11)14(13)15/h10-15,18H,1-9H2. The average molecular weight is 263 g/mol. The van der Waals surface area contributed by atoms with E-state index in [9.17, 15) is 4.79 Å². The quantitative estimate of drug-likeness (QED) is 0.845. The molecule has 0 spiro atoms. The van der Waals surface area contributed by atoms with Crippen LogP contribution in [0.25, 0.3) is 0 Å². The Bertz CT molecular complexity index is 365. The maximum Gasteiger partial charge on any atom is 0.226 e. The van der Waals surface area contributed by atoms with Crippen molar-refractivity contribution in [2.75, 3.05) is 19.7 Å². The van der Waals surface area contributed by atoms with Crippen LogP contribution < -0.4 is 0 Å². The van der Waals surface area contributed by atoms with Crippen LogP contribution in [0.1, 0.15) is 38.5 Å². The van der Waals surface area contributed by atoms with Gasteiger partial charge < -0.3 is 10.0 Å². The van der Waals surface area contributed by atoms with E-state index in [2.05, 4.69) is 4.90 Å². The van der Waals surface area contributed by atoms with Crippen molar-refractivity contribution in [3.05, 3.63) is 0 Å². The Kier molecular flexibility index (Phi) is 2.87. The van der Waals surface area contributed by atoms with Crippen LogP contribution >= 0.6 is 0 Å². The summed E-state index contributed by atoms with van der Waals surface area (Å²) >= 11 is 0. The number of likely N-dealkylation sites (tertiary alicyclic amines) is 1. The van der Waals surface area contributed by atoms with Gasteiger partial charge in [0.25, 0.3) is 0 Å². The minimum atomic E-state index is 0.269.